The summed E-state index contributed by atoms with van der Waals surface area (Å²) in [7, 11) is 1.58. The summed E-state index contributed by atoms with van der Waals surface area (Å²) < 4.78 is 10.1. The van der Waals surface area contributed by atoms with E-state index in [0.29, 0.717) is 12.7 Å². The van der Waals surface area contributed by atoms with Gasteiger partial charge in [-0.15, -0.1) is 0 Å². The van der Waals surface area contributed by atoms with Crippen molar-refractivity contribution >= 4 is 6.08 Å². The van der Waals surface area contributed by atoms with Crippen LogP contribution in [0.3, 0.4) is 0 Å². The molecule has 78 valence electrons. The second-order valence-electron chi connectivity index (χ2n) is 2.85. The van der Waals surface area contributed by atoms with E-state index in [-0.39, 0.29) is 0 Å². The summed E-state index contributed by atoms with van der Waals surface area (Å²) in [5, 5.41) is 0. The molecule has 0 aliphatic rings. The molecular formula is C10H21NO2. The fourth-order valence-corrected chi connectivity index (χ4v) is 1.00. The molecule has 0 radical (unpaired) electrons. The van der Waals surface area contributed by atoms with E-state index in [4.69, 9.17) is 9.47 Å². The van der Waals surface area contributed by atoms with Gasteiger partial charge in [0.1, 0.15) is 0 Å². The largest absolute Gasteiger partial charge is 0.454 e. The van der Waals surface area contributed by atoms with Gasteiger partial charge in [0.15, 0.2) is 0 Å². The maximum Gasteiger partial charge on any atom is 0.383 e. The van der Waals surface area contributed by atoms with Crippen LogP contribution in [0.2, 0.25) is 0 Å². The van der Waals surface area contributed by atoms with Gasteiger partial charge in [0.2, 0.25) is 0 Å². The van der Waals surface area contributed by atoms with Crippen molar-refractivity contribution in [2.24, 2.45) is 4.99 Å². The molecule has 0 aliphatic heterocycles. The average molecular weight is 187 g/mol. The van der Waals surface area contributed by atoms with Crippen molar-refractivity contribution in [2.75, 3.05) is 20.3 Å². The third-order valence-corrected chi connectivity index (χ3v) is 1.70. The lowest BCUT2D eigenvalue weighted by atomic mass is 10.2. The van der Waals surface area contributed by atoms with E-state index in [0.717, 1.165) is 13.0 Å². The molecule has 0 saturated carbocycles. The number of aliphatic imine (C=N–C) groups is 1. The standard InChI is InChI=1S/C10H21NO2/c1-4-6-7-8-9-11-10(12-3)13-5-2/h4-9H2,1-3H3. The first-order valence-electron chi connectivity index (χ1n) is 5.06. The van der Waals surface area contributed by atoms with E-state index in [2.05, 4.69) is 11.9 Å². The lowest BCUT2D eigenvalue weighted by Gasteiger charge is -2.04. The summed E-state index contributed by atoms with van der Waals surface area (Å²) in [5.74, 6) is 0. The Hall–Kier alpha value is -0.730. The predicted molar refractivity (Wildman–Crippen MR) is 55.1 cm³/mol. The summed E-state index contributed by atoms with van der Waals surface area (Å²) in [6, 6.07) is 0. The Morgan fingerprint density at radius 1 is 1.15 bits per heavy atom. The highest BCUT2D eigenvalue weighted by Crippen LogP contribution is 1.99. The first-order valence-corrected chi connectivity index (χ1v) is 5.06. The van der Waals surface area contributed by atoms with Crippen LogP contribution in [0.4, 0.5) is 0 Å². The lowest BCUT2D eigenvalue weighted by Crippen LogP contribution is -2.07. The Kier molecular flexibility index (Phi) is 8.83. The van der Waals surface area contributed by atoms with E-state index >= 15 is 0 Å². The summed E-state index contributed by atoms with van der Waals surface area (Å²) in [6.45, 7) is 5.54. The van der Waals surface area contributed by atoms with E-state index in [9.17, 15) is 0 Å². The highest BCUT2D eigenvalue weighted by atomic mass is 16.7. The normalized spacial score (nSPS) is 11.5. The Morgan fingerprint density at radius 2 is 1.92 bits per heavy atom. The van der Waals surface area contributed by atoms with Crippen molar-refractivity contribution < 1.29 is 9.47 Å². The molecule has 0 bridgehead atoms. The van der Waals surface area contributed by atoms with Crippen LogP contribution in [0.25, 0.3) is 0 Å². The van der Waals surface area contributed by atoms with E-state index in [1.807, 2.05) is 6.92 Å². The maximum atomic E-state index is 5.13. The molecule has 3 nitrogen and oxygen atoms in total. The van der Waals surface area contributed by atoms with E-state index in [1.54, 1.807) is 7.11 Å². The summed E-state index contributed by atoms with van der Waals surface area (Å²) in [5.41, 5.74) is 0. The first kappa shape index (κ1) is 12.3. The average Bonchev–Trinajstić information content (AvgIpc) is 2.16. The molecule has 0 atom stereocenters. The van der Waals surface area contributed by atoms with Crippen molar-refractivity contribution in [3.05, 3.63) is 0 Å². The molecule has 3 heteroatoms. The number of hydrogen-bond donors (Lipinski definition) is 0. The summed E-state index contributed by atoms with van der Waals surface area (Å²) in [6.07, 6.45) is 5.31. The summed E-state index contributed by atoms with van der Waals surface area (Å²) in [4.78, 5) is 4.18. The quantitative estimate of drug-likeness (QED) is 0.363. The van der Waals surface area contributed by atoms with Gasteiger partial charge in [-0.1, -0.05) is 26.2 Å². The highest BCUT2D eigenvalue weighted by Gasteiger charge is 1.95. The van der Waals surface area contributed by atoms with E-state index < -0.39 is 0 Å². The Labute approximate surface area is 81.1 Å². The molecule has 0 N–H and O–H groups in total. The molecule has 0 saturated heterocycles. The second kappa shape index (κ2) is 9.36. The van der Waals surface area contributed by atoms with Gasteiger partial charge in [-0.05, 0) is 13.3 Å². The number of ether oxygens (including phenoxy) is 2. The topological polar surface area (TPSA) is 30.8 Å². The zero-order chi connectivity index (χ0) is 9.94. The zero-order valence-electron chi connectivity index (χ0n) is 9.01. The molecule has 0 rings (SSSR count). The van der Waals surface area contributed by atoms with Crippen LogP contribution in [0, 0.1) is 0 Å². The Bertz CT molecular complexity index is 135. The smallest absolute Gasteiger partial charge is 0.383 e. The predicted octanol–water partition coefficient (Wildman–Crippen LogP) is 2.61. The molecule has 0 heterocycles. The number of nitrogens with zero attached hydrogens (tertiary/aromatic N) is 1. The van der Waals surface area contributed by atoms with Gasteiger partial charge < -0.3 is 9.47 Å². The van der Waals surface area contributed by atoms with Crippen molar-refractivity contribution in [2.45, 2.75) is 39.5 Å². The molecule has 0 aromatic rings. The van der Waals surface area contributed by atoms with Gasteiger partial charge in [0.25, 0.3) is 0 Å². The van der Waals surface area contributed by atoms with Gasteiger partial charge in [0, 0.05) is 6.54 Å². The van der Waals surface area contributed by atoms with Gasteiger partial charge in [0.05, 0.1) is 13.7 Å². The van der Waals surface area contributed by atoms with Crippen LogP contribution in [0.1, 0.15) is 39.5 Å². The fraction of sp³-hybridized carbons (Fsp3) is 0.900. The van der Waals surface area contributed by atoms with Gasteiger partial charge >= 0.3 is 6.08 Å². The number of hydrogen-bond acceptors (Lipinski definition) is 3. The summed E-state index contributed by atoms with van der Waals surface area (Å²) >= 11 is 0. The molecule has 0 unspecified atom stereocenters. The fourth-order valence-electron chi connectivity index (χ4n) is 1.00. The third kappa shape index (κ3) is 7.62. The van der Waals surface area contributed by atoms with Gasteiger partial charge in [-0.25, -0.2) is 4.99 Å². The van der Waals surface area contributed by atoms with Gasteiger partial charge in [-0.2, -0.15) is 0 Å². The minimum Gasteiger partial charge on any atom is -0.454 e. The van der Waals surface area contributed by atoms with Crippen molar-refractivity contribution in [3.8, 4) is 0 Å². The number of rotatable bonds is 6. The SMILES string of the molecule is CCCCCCN=C(OC)OCC. The maximum absolute atomic E-state index is 5.13. The Balaban J connectivity index is 3.42. The van der Waals surface area contributed by atoms with Crippen LogP contribution in [-0.2, 0) is 9.47 Å². The third-order valence-electron chi connectivity index (χ3n) is 1.70. The van der Waals surface area contributed by atoms with Crippen LogP contribution >= 0.6 is 0 Å². The molecule has 13 heavy (non-hydrogen) atoms. The molecule has 0 aromatic carbocycles. The van der Waals surface area contributed by atoms with Crippen LogP contribution in [0.5, 0.6) is 0 Å². The van der Waals surface area contributed by atoms with Gasteiger partial charge in [-0.3, -0.25) is 0 Å². The molecular weight excluding hydrogens is 166 g/mol. The van der Waals surface area contributed by atoms with Crippen molar-refractivity contribution in [3.63, 3.8) is 0 Å². The lowest BCUT2D eigenvalue weighted by molar-refractivity contribution is 0.206. The van der Waals surface area contributed by atoms with Crippen LogP contribution < -0.4 is 0 Å². The van der Waals surface area contributed by atoms with Crippen LogP contribution in [-0.4, -0.2) is 26.3 Å². The van der Waals surface area contributed by atoms with Crippen molar-refractivity contribution in [1.82, 2.24) is 0 Å². The molecule has 0 fully saturated rings. The molecule has 0 aliphatic carbocycles. The van der Waals surface area contributed by atoms with E-state index in [1.165, 1.54) is 19.3 Å². The van der Waals surface area contributed by atoms with Crippen molar-refractivity contribution in [1.29, 1.82) is 0 Å². The minimum atomic E-state index is 0.416. The Morgan fingerprint density at radius 3 is 2.46 bits per heavy atom. The molecule has 0 spiro atoms. The van der Waals surface area contributed by atoms with Crippen LogP contribution in [0.15, 0.2) is 4.99 Å². The number of methoxy groups -OCH3 is 1. The highest BCUT2D eigenvalue weighted by molar-refractivity contribution is 5.66. The first-order chi connectivity index (χ1) is 6.35. The second-order valence-corrected chi connectivity index (χ2v) is 2.85. The molecule has 0 aromatic heterocycles. The zero-order valence-corrected chi connectivity index (χ0v) is 9.01. The minimum absolute atomic E-state index is 0.416. The number of unbranched alkanes of at least 4 members (excludes halogenated alkanes) is 3. The molecule has 0 amide bonds. The monoisotopic (exact) mass is 187 g/mol.